The van der Waals surface area contributed by atoms with E-state index in [0.717, 1.165) is 59.3 Å². The zero-order valence-electron chi connectivity index (χ0n) is 15.2. The number of hydrogen-bond acceptors (Lipinski definition) is 4. The zero-order chi connectivity index (χ0) is 18.4. The highest BCUT2D eigenvalue weighted by atomic mass is 35.5. The molecule has 2 aromatic carbocycles. The van der Waals surface area contributed by atoms with Gasteiger partial charge in [0.2, 0.25) is 0 Å². The Morgan fingerprint density at radius 2 is 2.04 bits per heavy atom. The van der Waals surface area contributed by atoms with Crippen LogP contribution in [0.15, 0.2) is 42.5 Å². The van der Waals surface area contributed by atoms with Crippen LogP contribution in [0.3, 0.4) is 0 Å². The third-order valence-electron chi connectivity index (χ3n) is 4.25. The first-order valence-electron chi connectivity index (χ1n) is 8.68. The molecule has 0 bridgehead atoms. The van der Waals surface area contributed by atoms with Gasteiger partial charge in [0.1, 0.15) is 11.6 Å². The van der Waals surface area contributed by atoms with Gasteiger partial charge in [0.05, 0.1) is 24.7 Å². The maximum atomic E-state index is 6.15. The van der Waals surface area contributed by atoms with Crippen molar-refractivity contribution in [3.05, 3.63) is 58.9 Å². The summed E-state index contributed by atoms with van der Waals surface area (Å²) < 4.78 is 12.7. The van der Waals surface area contributed by atoms with Crippen molar-refractivity contribution in [2.24, 2.45) is 0 Å². The molecule has 138 valence electrons. The van der Waals surface area contributed by atoms with E-state index in [9.17, 15) is 0 Å². The van der Waals surface area contributed by atoms with Gasteiger partial charge in [0.25, 0.3) is 0 Å². The monoisotopic (exact) mass is 373 g/mol. The lowest BCUT2D eigenvalue weighted by molar-refractivity contribution is 0.194. The van der Waals surface area contributed by atoms with E-state index in [-0.39, 0.29) is 0 Å². The highest BCUT2D eigenvalue weighted by Crippen LogP contribution is 2.23. The lowest BCUT2D eigenvalue weighted by Crippen LogP contribution is -2.19. The fourth-order valence-corrected chi connectivity index (χ4v) is 3.17. The van der Waals surface area contributed by atoms with Crippen molar-refractivity contribution in [3.8, 4) is 5.75 Å². The SMILES string of the molecule is COCCCNCc1nc2cc(OC)ccc2n1Cc1cccc(Cl)c1. The summed E-state index contributed by atoms with van der Waals surface area (Å²) >= 11 is 6.15. The Morgan fingerprint density at radius 1 is 1.15 bits per heavy atom. The van der Waals surface area contributed by atoms with Gasteiger partial charge in [0, 0.05) is 31.4 Å². The highest BCUT2D eigenvalue weighted by Gasteiger charge is 2.12. The Balaban J connectivity index is 1.87. The summed E-state index contributed by atoms with van der Waals surface area (Å²) in [5.74, 6) is 1.80. The Kier molecular flexibility index (Phi) is 6.50. The van der Waals surface area contributed by atoms with Gasteiger partial charge >= 0.3 is 0 Å². The minimum atomic E-state index is 0.696. The molecule has 0 saturated heterocycles. The molecule has 0 radical (unpaired) electrons. The standard InChI is InChI=1S/C20H24ClN3O2/c1-25-10-4-9-22-13-20-23-18-12-17(26-2)7-8-19(18)24(20)14-15-5-3-6-16(21)11-15/h3,5-8,11-12,22H,4,9-10,13-14H2,1-2H3. The Bertz CT molecular complexity index is 863. The summed E-state index contributed by atoms with van der Waals surface area (Å²) in [6.45, 7) is 3.06. The van der Waals surface area contributed by atoms with Crippen LogP contribution in [0.1, 0.15) is 17.8 Å². The van der Waals surface area contributed by atoms with Crippen molar-refractivity contribution in [3.63, 3.8) is 0 Å². The van der Waals surface area contributed by atoms with E-state index in [1.165, 1.54) is 0 Å². The summed E-state index contributed by atoms with van der Waals surface area (Å²) in [7, 11) is 3.39. The van der Waals surface area contributed by atoms with Crippen molar-refractivity contribution in [1.29, 1.82) is 0 Å². The number of hydrogen-bond donors (Lipinski definition) is 1. The van der Waals surface area contributed by atoms with Crippen LogP contribution in [0.5, 0.6) is 5.75 Å². The van der Waals surface area contributed by atoms with Gasteiger partial charge in [-0.1, -0.05) is 23.7 Å². The quantitative estimate of drug-likeness (QED) is 0.578. The van der Waals surface area contributed by atoms with Crippen molar-refractivity contribution in [2.45, 2.75) is 19.5 Å². The number of nitrogens with one attached hydrogen (secondary N) is 1. The summed E-state index contributed by atoms with van der Waals surface area (Å²) in [6.07, 6.45) is 0.971. The number of ether oxygens (including phenoxy) is 2. The molecular weight excluding hydrogens is 350 g/mol. The highest BCUT2D eigenvalue weighted by molar-refractivity contribution is 6.30. The van der Waals surface area contributed by atoms with E-state index in [0.29, 0.717) is 6.54 Å². The number of halogens is 1. The first-order valence-corrected chi connectivity index (χ1v) is 9.06. The van der Waals surface area contributed by atoms with E-state index >= 15 is 0 Å². The number of fused-ring (bicyclic) bond motifs is 1. The van der Waals surface area contributed by atoms with Crippen molar-refractivity contribution >= 4 is 22.6 Å². The van der Waals surface area contributed by atoms with E-state index in [1.807, 2.05) is 30.3 Å². The molecule has 0 amide bonds. The predicted octanol–water partition coefficient (Wildman–Crippen LogP) is 3.87. The Hall–Kier alpha value is -2.08. The Morgan fingerprint density at radius 3 is 2.81 bits per heavy atom. The molecule has 0 unspecified atom stereocenters. The maximum Gasteiger partial charge on any atom is 0.124 e. The van der Waals surface area contributed by atoms with E-state index in [2.05, 4.69) is 22.0 Å². The number of imidazole rings is 1. The van der Waals surface area contributed by atoms with E-state index in [1.54, 1.807) is 14.2 Å². The van der Waals surface area contributed by atoms with Gasteiger partial charge in [-0.05, 0) is 42.8 Å². The number of nitrogens with zero attached hydrogens (tertiary/aromatic N) is 2. The summed E-state index contributed by atoms with van der Waals surface area (Å²) in [5.41, 5.74) is 3.16. The van der Waals surface area contributed by atoms with Crippen molar-refractivity contribution in [1.82, 2.24) is 14.9 Å². The first kappa shape index (κ1) is 18.7. The van der Waals surface area contributed by atoms with Gasteiger partial charge in [-0.2, -0.15) is 0 Å². The van der Waals surface area contributed by atoms with Crippen LogP contribution in [0.25, 0.3) is 11.0 Å². The second-order valence-corrected chi connectivity index (χ2v) is 6.56. The molecule has 3 rings (SSSR count). The first-order chi connectivity index (χ1) is 12.7. The minimum Gasteiger partial charge on any atom is -0.497 e. The topological polar surface area (TPSA) is 48.3 Å². The van der Waals surface area contributed by atoms with Crippen LogP contribution in [-0.4, -0.2) is 36.9 Å². The van der Waals surface area contributed by atoms with Gasteiger partial charge in [-0.3, -0.25) is 0 Å². The van der Waals surface area contributed by atoms with Gasteiger partial charge in [-0.15, -0.1) is 0 Å². The molecular formula is C20H24ClN3O2. The van der Waals surface area contributed by atoms with E-state index in [4.69, 9.17) is 26.1 Å². The number of benzene rings is 2. The molecule has 1 N–H and O–H groups in total. The Labute approximate surface area is 158 Å². The number of aromatic nitrogens is 2. The lowest BCUT2D eigenvalue weighted by Gasteiger charge is -2.11. The number of methoxy groups -OCH3 is 2. The molecule has 0 aliphatic heterocycles. The van der Waals surface area contributed by atoms with Crippen LogP contribution >= 0.6 is 11.6 Å². The minimum absolute atomic E-state index is 0.696. The van der Waals surface area contributed by atoms with Crippen molar-refractivity contribution < 1.29 is 9.47 Å². The fraction of sp³-hybridized carbons (Fsp3) is 0.350. The molecule has 0 aliphatic rings. The predicted molar refractivity (Wildman–Crippen MR) is 105 cm³/mol. The van der Waals surface area contributed by atoms with Gasteiger partial charge < -0.3 is 19.4 Å². The van der Waals surface area contributed by atoms with Crippen LogP contribution in [0, 0.1) is 0 Å². The fourth-order valence-electron chi connectivity index (χ4n) is 2.96. The average Bonchev–Trinajstić information content (AvgIpc) is 2.98. The summed E-state index contributed by atoms with van der Waals surface area (Å²) in [5, 5.41) is 4.19. The molecule has 5 nitrogen and oxygen atoms in total. The third kappa shape index (κ3) is 4.55. The van der Waals surface area contributed by atoms with Crippen LogP contribution < -0.4 is 10.1 Å². The molecule has 1 heterocycles. The average molecular weight is 374 g/mol. The molecule has 26 heavy (non-hydrogen) atoms. The van der Waals surface area contributed by atoms with E-state index < -0.39 is 0 Å². The van der Waals surface area contributed by atoms with Gasteiger partial charge in [0.15, 0.2) is 0 Å². The molecule has 0 fully saturated rings. The molecule has 0 atom stereocenters. The summed E-state index contributed by atoms with van der Waals surface area (Å²) in [6, 6.07) is 13.9. The molecule has 3 aromatic rings. The smallest absolute Gasteiger partial charge is 0.124 e. The third-order valence-corrected chi connectivity index (χ3v) is 4.48. The molecule has 6 heteroatoms. The van der Waals surface area contributed by atoms with Crippen LogP contribution in [0.4, 0.5) is 0 Å². The van der Waals surface area contributed by atoms with Crippen LogP contribution in [-0.2, 0) is 17.8 Å². The van der Waals surface area contributed by atoms with Crippen LogP contribution in [0.2, 0.25) is 5.02 Å². The lowest BCUT2D eigenvalue weighted by atomic mass is 10.2. The number of rotatable bonds is 9. The largest absolute Gasteiger partial charge is 0.497 e. The molecule has 1 aromatic heterocycles. The molecule has 0 aliphatic carbocycles. The molecule has 0 spiro atoms. The second-order valence-electron chi connectivity index (χ2n) is 6.12. The van der Waals surface area contributed by atoms with Crippen molar-refractivity contribution in [2.75, 3.05) is 27.4 Å². The normalized spacial score (nSPS) is 11.2. The second kappa shape index (κ2) is 9.03. The summed E-state index contributed by atoms with van der Waals surface area (Å²) in [4.78, 5) is 4.81. The molecule has 0 saturated carbocycles. The zero-order valence-corrected chi connectivity index (χ0v) is 15.9. The van der Waals surface area contributed by atoms with Gasteiger partial charge in [-0.25, -0.2) is 4.98 Å². The maximum absolute atomic E-state index is 6.15.